The van der Waals surface area contributed by atoms with Crippen molar-refractivity contribution in [2.45, 2.75) is 46.0 Å². The number of urea groups is 1. The molecule has 1 aliphatic rings. The number of rotatable bonds is 12. The summed E-state index contributed by atoms with van der Waals surface area (Å²) in [5, 5.41) is 15.0. The number of nitrogens with one attached hydrogen (secondary N) is 2. The molecule has 0 bridgehead atoms. The zero-order chi connectivity index (χ0) is 26.8. The largest absolute Gasteiger partial charge is 0.396 e. The first kappa shape index (κ1) is 28.5. The van der Waals surface area contributed by atoms with Gasteiger partial charge < -0.3 is 20.2 Å². The molecule has 0 radical (unpaired) electrons. The van der Waals surface area contributed by atoms with Gasteiger partial charge in [0.2, 0.25) is 0 Å². The topological polar surface area (TPSA) is 95.5 Å². The van der Waals surface area contributed by atoms with Crippen LogP contribution in [0.15, 0.2) is 42.5 Å². The number of Topliss-reactive ketones (excluding diaryl/α,β-unsaturated/α-hetero) is 2. The number of aliphatic hydroxyl groups is 1. The lowest BCUT2D eigenvalue weighted by Crippen LogP contribution is -2.55. The Morgan fingerprint density at radius 1 is 0.946 bits per heavy atom. The molecule has 3 N–H and O–H groups in total. The maximum Gasteiger partial charge on any atom is 0.319 e. The summed E-state index contributed by atoms with van der Waals surface area (Å²) < 4.78 is 14.1. The summed E-state index contributed by atoms with van der Waals surface area (Å²) >= 11 is 0. The van der Waals surface area contributed by atoms with Crippen LogP contribution in [-0.4, -0.2) is 66.5 Å². The number of hydrogen-bond donors (Lipinski definition) is 3. The normalized spacial score (nSPS) is 19.3. The lowest BCUT2D eigenvalue weighted by atomic mass is 9.88. The van der Waals surface area contributed by atoms with Gasteiger partial charge in [0, 0.05) is 42.8 Å². The molecule has 0 aliphatic carbocycles. The molecule has 1 heterocycles. The highest BCUT2D eigenvalue weighted by molar-refractivity contribution is 6.02. The molecule has 0 spiro atoms. The molecule has 3 rings (SSSR count). The standard InChI is InChI=1S/C29H38FN3O4/c1-21(35)25-18-26(22(2)36)20-28(19-25)32-29(37)31-11-3-12-33(13-4-16-34)14-9-24(10-15-33)17-23-5-7-27(30)8-6-23/h5-8,18-20,24,34H,3-4,9-17H2,1-2H3,(H-,31,32,37)/p+1. The maximum atomic E-state index is 13.2. The maximum absolute atomic E-state index is 13.2. The Kier molecular flexibility index (Phi) is 10.3. The second-order valence-corrected chi connectivity index (χ2v) is 10.2. The summed E-state index contributed by atoms with van der Waals surface area (Å²) in [6, 6.07) is 11.1. The molecular formula is C29H39FN3O4+. The van der Waals surface area contributed by atoms with Crippen molar-refractivity contribution in [3.63, 3.8) is 0 Å². The minimum atomic E-state index is -0.380. The molecule has 1 fully saturated rings. The second-order valence-electron chi connectivity index (χ2n) is 10.2. The number of ketones is 2. The number of nitrogens with zero attached hydrogens (tertiary/aromatic N) is 1. The van der Waals surface area contributed by atoms with Crippen LogP contribution in [0.2, 0.25) is 0 Å². The Balaban J connectivity index is 1.48. The molecule has 2 amide bonds. The highest BCUT2D eigenvalue weighted by Crippen LogP contribution is 2.27. The number of carbonyl (C=O) groups excluding carboxylic acids is 3. The van der Waals surface area contributed by atoms with Crippen molar-refractivity contribution >= 4 is 23.3 Å². The number of halogens is 1. The Labute approximate surface area is 218 Å². The number of piperidine rings is 1. The summed E-state index contributed by atoms with van der Waals surface area (Å²) in [7, 11) is 0. The number of benzene rings is 2. The summed E-state index contributed by atoms with van der Waals surface area (Å²) in [5.74, 6) is 0.00921. The van der Waals surface area contributed by atoms with E-state index in [1.54, 1.807) is 12.1 Å². The van der Waals surface area contributed by atoms with E-state index in [0.29, 0.717) is 29.3 Å². The fourth-order valence-electron chi connectivity index (χ4n) is 5.19. The van der Waals surface area contributed by atoms with Gasteiger partial charge in [-0.15, -0.1) is 0 Å². The molecule has 37 heavy (non-hydrogen) atoms. The Hall–Kier alpha value is -3.10. The van der Waals surface area contributed by atoms with Crippen molar-refractivity contribution in [3.8, 4) is 0 Å². The van der Waals surface area contributed by atoms with E-state index in [4.69, 9.17) is 0 Å². The molecule has 0 aromatic heterocycles. The monoisotopic (exact) mass is 512 g/mol. The van der Waals surface area contributed by atoms with Crippen LogP contribution in [0.3, 0.4) is 0 Å². The van der Waals surface area contributed by atoms with E-state index in [1.165, 1.54) is 37.6 Å². The van der Waals surface area contributed by atoms with Crippen LogP contribution in [0.25, 0.3) is 0 Å². The second kappa shape index (κ2) is 13.4. The van der Waals surface area contributed by atoms with Gasteiger partial charge in [0.15, 0.2) is 11.6 Å². The molecular weight excluding hydrogens is 473 g/mol. The molecule has 0 unspecified atom stereocenters. The summed E-state index contributed by atoms with van der Waals surface area (Å²) in [6.07, 6.45) is 4.68. The summed E-state index contributed by atoms with van der Waals surface area (Å²) in [6.45, 7) is 7.40. The first-order valence-electron chi connectivity index (χ1n) is 13.1. The summed E-state index contributed by atoms with van der Waals surface area (Å²) in [5.41, 5.74) is 2.33. The van der Waals surface area contributed by atoms with Crippen molar-refractivity contribution in [2.24, 2.45) is 5.92 Å². The van der Waals surface area contributed by atoms with Gasteiger partial charge in [-0.3, -0.25) is 9.59 Å². The quantitative estimate of drug-likeness (QED) is 0.220. The lowest BCUT2D eigenvalue weighted by Gasteiger charge is -2.44. The van der Waals surface area contributed by atoms with E-state index in [1.807, 2.05) is 12.1 Å². The van der Waals surface area contributed by atoms with Crippen LogP contribution >= 0.6 is 0 Å². The minimum Gasteiger partial charge on any atom is -0.396 e. The third-order valence-electron chi connectivity index (χ3n) is 7.35. The highest BCUT2D eigenvalue weighted by atomic mass is 19.1. The molecule has 7 nitrogen and oxygen atoms in total. The number of carbonyl (C=O) groups is 3. The zero-order valence-corrected chi connectivity index (χ0v) is 21.9. The minimum absolute atomic E-state index is 0.168. The fraction of sp³-hybridized carbons (Fsp3) is 0.483. The van der Waals surface area contributed by atoms with E-state index < -0.39 is 0 Å². The predicted octanol–water partition coefficient (Wildman–Crippen LogP) is 4.59. The fourth-order valence-corrected chi connectivity index (χ4v) is 5.19. The van der Waals surface area contributed by atoms with Crippen LogP contribution in [0.1, 0.15) is 65.8 Å². The van der Waals surface area contributed by atoms with E-state index in [9.17, 15) is 23.9 Å². The Bertz CT molecular complexity index is 1050. The van der Waals surface area contributed by atoms with Crippen LogP contribution in [0.5, 0.6) is 0 Å². The average molecular weight is 513 g/mol. The van der Waals surface area contributed by atoms with Crippen molar-refractivity contribution in [3.05, 3.63) is 65.0 Å². The predicted molar refractivity (Wildman–Crippen MR) is 142 cm³/mol. The molecule has 200 valence electrons. The average Bonchev–Trinajstić information content (AvgIpc) is 2.88. The SMILES string of the molecule is CC(=O)c1cc(NC(=O)NCCC[N+]2(CCCO)CCC(Cc3ccc(F)cc3)CC2)cc(C(C)=O)c1. The van der Waals surface area contributed by atoms with Crippen molar-refractivity contribution in [1.29, 1.82) is 0 Å². The van der Waals surface area contributed by atoms with Gasteiger partial charge in [0.05, 0.1) is 26.2 Å². The number of likely N-dealkylation sites (tertiary alicyclic amines) is 1. The number of hydrogen-bond acceptors (Lipinski definition) is 4. The number of amides is 2. The molecule has 0 atom stereocenters. The Morgan fingerprint density at radius 2 is 1.54 bits per heavy atom. The van der Waals surface area contributed by atoms with Gasteiger partial charge in [-0.2, -0.15) is 0 Å². The third kappa shape index (κ3) is 8.76. The van der Waals surface area contributed by atoms with Crippen molar-refractivity contribution in [2.75, 3.05) is 44.6 Å². The van der Waals surface area contributed by atoms with E-state index >= 15 is 0 Å². The van der Waals surface area contributed by atoms with E-state index in [-0.39, 0.29) is 30.0 Å². The van der Waals surface area contributed by atoms with Crippen molar-refractivity contribution < 1.29 is 28.4 Å². The van der Waals surface area contributed by atoms with Gasteiger partial charge >= 0.3 is 6.03 Å². The summed E-state index contributed by atoms with van der Waals surface area (Å²) in [4.78, 5) is 36.0. The van der Waals surface area contributed by atoms with Crippen LogP contribution in [0.4, 0.5) is 14.9 Å². The lowest BCUT2D eigenvalue weighted by molar-refractivity contribution is -0.934. The van der Waals surface area contributed by atoms with Crippen LogP contribution < -0.4 is 10.6 Å². The van der Waals surface area contributed by atoms with Crippen LogP contribution in [0, 0.1) is 11.7 Å². The van der Waals surface area contributed by atoms with Gasteiger partial charge in [-0.25, -0.2) is 9.18 Å². The molecule has 8 heteroatoms. The smallest absolute Gasteiger partial charge is 0.319 e. The van der Waals surface area contributed by atoms with Gasteiger partial charge in [-0.05, 0) is 74.9 Å². The first-order valence-corrected chi connectivity index (χ1v) is 13.1. The third-order valence-corrected chi connectivity index (χ3v) is 7.35. The highest BCUT2D eigenvalue weighted by Gasteiger charge is 2.33. The number of anilines is 1. The molecule has 1 aliphatic heterocycles. The first-order chi connectivity index (χ1) is 17.7. The molecule has 2 aromatic carbocycles. The molecule has 0 saturated carbocycles. The zero-order valence-electron chi connectivity index (χ0n) is 21.9. The molecule has 1 saturated heterocycles. The van der Waals surface area contributed by atoms with E-state index in [2.05, 4.69) is 10.6 Å². The Morgan fingerprint density at radius 3 is 2.11 bits per heavy atom. The van der Waals surface area contributed by atoms with Gasteiger partial charge in [0.25, 0.3) is 0 Å². The van der Waals surface area contributed by atoms with Crippen LogP contribution in [-0.2, 0) is 6.42 Å². The number of quaternary nitrogens is 1. The van der Waals surface area contributed by atoms with Gasteiger partial charge in [0.1, 0.15) is 5.82 Å². The van der Waals surface area contributed by atoms with E-state index in [0.717, 1.165) is 62.8 Å². The van der Waals surface area contributed by atoms with Crippen molar-refractivity contribution in [1.82, 2.24) is 5.32 Å². The molecule has 2 aromatic rings. The number of aliphatic hydroxyl groups excluding tert-OH is 1. The van der Waals surface area contributed by atoms with Gasteiger partial charge in [-0.1, -0.05) is 12.1 Å².